The summed E-state index contributed by atoms with van der Waals surface area (Å²) in [6, 6.07) is 16.0. The Morgan fingerprint density at radius 2 is 1.88 bits per heavy atom. The van der Waals surface area contributed by atoms with Crippen LogP contribution in [0.15, 0.2) is 59.0 Å². The number of hydrogen-bond donors (Lipinski definition) is 0. The molecule has 1 aromatic heterocycles. The fraction of sp³-hybridized carbons (Fsp3) is 0.320. The SMILES string of the molecule is COc1cccc(CN2CCN(C(=O)c3ccc(COc4ccc(C)cc4[N+](=O)[O-])o3)CC2)c1. The summed E-state index contributed by atoms with van der Waals surface area (Å²) < 4.78 is 16.6. The van der Waals surface area contributed by atoms with Crippen molar-refractivity contribution >= 4 is 11.6 Å². The van der Waals surface area contributed by atoms with E-state index in [0.717, 1.165) is 30.9 Å². The van der Waals surface area contributed by atoms with Crippen LogP contribution in [0.4, 0.5) is 5.69 Å². The first-order chi connectivity index (χ1) is 16.4. The van der Waals surface area contributed by atoms with Crippen molar-refractivity contribution < 1.29 is 23.6 Å². The van der Waals surface area contributed by atoms with E-state index >= 15 is 0 Å². The van der Waals surface area contributed by atoms with Gasteiger partial charge in [0.25, 0.3) is 5.91 Å². The number of aryl methyl sites for hydroxylation is 1. The summed E-state index contributed by atoms with van der Waals surface area (Å²) in [6.07, 6.45) is 0. The van der Waals surface area contributed by atoms with Crippen molar-refractivity contribution in [3.63, 3.8) is 0 Å². The number of methoxy groups -OCH3 is 1. The fourth-order valence-electron chi connectivity index (χ4n) is 3.91. The van der Waals surface area contributed by atoms with Gasteiger partial charge < -0.3 is 18.8 Å². The van der Waals surface area contributed by atoms with Gasteiger partial charge in [-0.25, -0.2) is 0 Å². The maximum atomic E-state index is 12.9. The third-order valence-corrected chi connectivity index (χ3v) is 5.75. The molecule has 1 fully saturated rings. The number of hydrogen-bond acceptors (Lipinski definition) is 7. The highest BCUT2D eigenvalue weighted by Gasteiger charge is 2.24. The molecule has 9 nitrogen and oxygen atoms in total. The third-order valence-electron chi connectivity index (χ3n) is 5.75. The molecule has 0 saturated carbocycles. The summed E-state index contributed by atoms with van der Waals surface area (Å²) in [5.41, 5.74) is 1.84. The third kappa shape index (κ3) is 5.55. The second kappa shape index (κ2) is 10.4. The van der Waals surface area contributed by atoms with Crippen molar-refractivity contribution in [3.05, 3.63) is 87.4 Å². The number of ether oxygens (including phenoxy) is 2. The summed E-state index contributed by atoms with van der Waals surface area (Å²) in [7, 11) is 1.65. The quantitative estimate of drug-likeness (QED) is 0.366. The normalized spacial score (nSPS) is 14.1. The molecular weight excluding hydrogens is 438 g/mol. The van der Waals surface area contributed by atoms with Gasteiger partial charge in [0.1, 0.15) is 18.1 Å². The van der Waals surface area contributed by atoms with E-state index in [4.69, 9.17) is 13.9 Å². The Morgan fingerprint density at radius 3 is 2.62 bits per heavy atom. The zero-order valence-electron chi connectivity index (χ0n) is 19.2. The van der Waals surface area contributed by atoms with Crippen molar-refractivity contribution in [3.8, 4) is 11.5 Å². The van der Waals surface area contributed by atoms with Crippen LogP contribution in [0.1, 0.15) is 27.4 Å². The second-order valence-corrected chi connectivity index (χ2v) is 8.20. The summed E-state index contributed by atoms with van der Waals surface area (Å²) in [5, 5.41) is 11.3. The number of nitro benzene ring substituents is 1. The van der Waals surface area contributed by atoms with Crippen molar-refractivity contribution in [1.29, 1.82) is 0 Å². The van der Waals surface area contributed by atoms with Crippen molar-refractivity contribution in [2.24, 2.45) is 0 Å². The minimum atomic E-state index is -0.479. The lowest BCUT2D eigenvalue weighted by molar-refractivity contribution is -0.386. The lowest BCUT2D eigenvalue weighted by atomic mass is 10.2. The highest BCUT2D eigenvalue weighted by molar-refractivity contribution is 5.91. The van der Waals surface area contributed by atoms with E-state index in [0.29, 0.717) is 18.8 Å². The molecule has 0 aliphatic carbocycles. The van der Waals surface area contributed by atoms with E-state index in [9.17, 15) is 14.9 Å². The smallest absolute Gasteiger partial charge is 0.311 e. The van der Waals surface area contributed by atoms with Gasteiger partial charge in [-0.1, -0.05) is 18.2 Å². The molecule has 0 spiro atoms. The standard InChI is InChI=1S/C25H27N3O6/c1-18-6-8-23(22(14-18)28(30)31)33-17-21-7-9-24(34-21)25(29)27-12-10-26(11-13-27)16-19-4-3-5-20(15-19)32-2/h3-9,14-15H,10-13,16-17H2,1-2H3. The lowest BCUT2D eigenvalue weighted by Crippen LogP contribution is -2.48. The number of piperazine rings is 1. The molecule has 4 rings (SSSR count). The molecule has 34 heavy (non-hydrogen) atoms. The van der Waals surface area contributed by atoms with Gasteiger partial charge in [-0.3, -0.25) is 19.8 Å². The highest BCUT2D eigenvalue weighted by Crippen LogP contribution is 2.28. The minimum Gasteiger partial charge on any atom is -0.497 e. The van der Waals surface area contributed by atoms with Crippen LogP contribution in [0, 0.1) is 17.0 Å². The van der Waals surface area contributed by atoms with Gasteiger partial charge >= 0.3 is 5.69 Å². The molecule has 2 heterocycles. The molecular formula is C25H27N3O6. The molecule has 0 radical (unpaired) electrons. The molecule has 1 aliphatic heterocycles. The van der Waals surface area contributed by atoms with Crippen molar-refractivity contribution in [1.82, 2.24) is 9.80 Å². The van der Waals surface area contributed by atoms with E-state index in [2.05, 4.69) is 11.0 Å². The first-order valence-electron chi connectivity index (χ1n) is 11.0. The van der Waals surface area contributed by atoms with Gasteiger partial charge in [0.2, 0.25) is 0 Å². The average Bonchev–Trinajstić information content (AvgIpc) is 3.32. The Morgan fingerprint density at radius 1 is 1.09 bits per heavy atom. The average molecular weight is 466 g/mol. The molecule has 0 N–H and O–H groups in total. The predicted octanol–water partition coefficient (Wildman–Crippen LogP) is 4.04. The molecule has 2 aromatic carbocycles. The first-order valence-corrected chi connectivity index (χ1v) is 11.0. The summed E-state index contributed by atoms with van der Waals surface area (Å²) >= 11 is 0. The molecule has 1 aliphatic rings. The number of furan rings is 1. The van der Waals surface area contributed by atoms with E-state index < -0.39 is 4.92 Å². The highest BCUT2D eigenvalue weighted by atomic mass is 16.6. The summed E-state index contributed by atoms with van der Waals surface area (Å²) in [4.78, 5) is 27.7. The van der Waals surface area contributed by atoms with E-state index in [1.165, 1.54) is 11.6 Å². The lowest BCUT2D eigenvalue weighted by Gasteiger charge is -2.34. The zero-order valence-corrected chi connectivity index (χ0v) is 19.2. The van der Waals surface area contributed by atoms with Gasteiger partial charge in [0.15, 0.2) is 11.5 Å². The molecule has 0 atom stereocenters. The predicted molar refractivity (Wildman–Crippen MR) is 125 cm³/mol. The van der Waals surface area contributed by atoms with Crippen LogP contribution < -0.4 is 9.47 Å². The van der Waals surface area contributed by atoms with Gasteiger partial charge in [0.05, 0.1) is 12.0 Å². The molecule has 3 aromatic rings. The molecule has 178 valence electrons. The van der Waals surface area contributed by atoms with Gasteiger partial charge in [-0.2, -0.15) is 0 Å². The fourth-order valence-corrected chi connectivity index (χ4v) is 3.91. The van der Waals surface area contributed by atoms with Gasteiger partial charge in [0, 0.05) is 38.8 Å². The number of rotatable bonds is 8. The van der Waals surface area contributed by atoms with Gasteiger partial charge in [-0.15, -0.1) is 0 Å². The van der Waals surface area contributed by atoms with Gasteiger partial charge in [-0.05, 0) is 48.4 Å². The second-order valence-electron chi connectivity index (χ2n) is 8.20. The number of nitrogens with zero attached hydrogens (tertiary/aromatic N) is 3. The van der Waals surface area contributed by atoms with Crippen molar-refractivity contribution in [2.45, 2.75) is 20.1 Å². The minimum absolute atomic E-state index is 0.00844. The van der Waals surface area contributed by atoms with Crippen LogP contribution >= 0.6 is 0 Å². The van der Waals surface area contributed by atoms with Crippen LogP contribution in [-0.4, -0.2) is 53.9 Å². The number of carbonyl (C=O) groups is 1. The Bertz CT molecular complexity index is 1170. The maximum Gasteiger partial charge on any atom is 0.311 e. The van der Waals surface area contributed by atoms with Crippen molar-refractivity contribution in [2.75, 3.05) is 33.3 Å². The number of nitro groups is 1. The van der Waals surface area contributed by atoms with E-state index in [-0.39, 0.29) is 29.7 Å². The van der Waals surface area contributed by atoms with Crippen LogP contribution in [-0.2, 0) is 13.2 Å². The Kier molecular flexibility index (Phi) is 7.12. The number of carbonyl (C=O) groups excluding carboxylic acids is 1. The monoisotopic (exact) mass is 465 g/mol. The van der Waals surface area contributed by atoms with Crippen LogP contribution in [0.25, 0.3) is 0 Å². The van der Waals surface area contributed by atoms with Crippen LogP contribution in [0.5, 0.6) is 11.5 Å². The summed E-state index contributed by atoms with van der Waals surface area (Å²) in [6.45, 7) is 5.29. The van der Waals surface area contributed by atoms with E-state index in [1.807, 2.05) is 18.2 Å². The molecule has 1 saturated heterocycles. The maximum absolute atomic E-state index is 12.9. The Labute approximate surface area is 197 Å². The topological polar surface area (TPSA) is 98.3 Å². The summed E-state index contributed by atoms with van der Waals surface area (Å²) in [5.74, 6) is 1.48. The van der Waals surface area contributed by atoms with E-state index in [1.54, 1.807) is 43.2 Å². The molecule has 9 heteroatoms. The molecule has 1 amide bonds. The number of benzene rings is 2. The molecule has 0 unspecified atom stereocenters. The molecule has 0 bridgehead atoms. The zero-order chi connectivity index (χ0) is 24.1. The first kappa shape index (κ1) is 23.3. The Balaban J connectivity index is 1.30. The largest absolute Gasteiger partial charge is 0.497 e. The Hall–Kier alpha value is -3.85. The van der Waals surface area contributed by atoms with Crippen LogP contribution in [0.3, 0.4) is 0 Å². The van der Waals surface area contributed by atoms with Crippen LogP contribution in [0.2, 0.25) is 0 Å². The number of amides is 1.